The Hall–Kier alpha value is -3.84. The molecule has 2 aromatic rings. The highest BCUT2D eigenvalue weighted by molar-refractivity contribution is 5.80. The van der Waals surface area contributed by atoms with Gasteiger partial charge in [-0.1, -0.05) is 6.07 Å². The highest BCUT2D eigenvalue weighted by Gasteiger charge is 2.41. The van der Waals surface area contributed by atoms with E-state index in [1.165, 1.54) is 37.1 Å². The second-order valence-electron chi connectivity index (χ2n) is 12.6. The summed E-state index contributed by atoms with van der Waals surface area (Å²) in [6, 6.07) is 2.63. The molecule has 0 spiro atoms. The Bertz CT molecular complexity index is 1460. The first-order valence-corrected chi connectivity index (χ1v) is 15.9. The van der Waals surface area contributed by atoms with E-state index >= 15 is 0 Å². The number of urea groups is 1. The number of hydrogen-bond donors (Lipinski definition) is 0. The lowest BCUT2D eigenvalue weighted by atomic mass is 9.79. The number of piperazine rings is 1. The van der Waals surface area contributed by atoms with E-state index in [4.69, 9.17) is 4.74 Å². The number of carbonyl (C=O) groups excluding carboxylic acids is 3. The van der Waals surface area contributed by atoms with Crippen LogP contribution in [0.15, 0.2) is 36.4 Å². The van der Waals surface area contributed by atoms with Crippen molar-refractivity contribution in [3.63, 3.8) is 0 Å². The van der Waals surface area contributed by atoms with Crippen LogP contribution in [0.4, 0.5) is 35.5 Å². The first-order chi connectivity index (χ1) is 22.4. The van der Waals surface area contributed by atoms with E-state index in [0.717, 1.165) is 4.90 Å². The summed E-state index contributed by atoms with van der Waals surface area (Å²) < 4.78 is 100. The summed E-state index contributed by atoms with van der Waals surface area (Å²) in [5, 5.41) is 0. The number of halogens is 7. The molecular weight excluding hydrogens is 647 g/mol. The molecule has 7 nitrogen and oxygen atoms in total. The third-order valence-corrected chi connectivity index (χ3v) is 9.46. The second kappa shape index (κ2) is 14.7. The van der Waals surface area contributed by atoms with Gasteiger partial charge in [0.1, 0.15) is 5.82 Å². The van der Waals surface area contributed by atoms with Gasteiger partial charge in [0.15, 0.2) is 0 Å². The zero-order valence-corrected chi connectivity index (χ0v) is 27.3. The van der Waals surface area contributed by atoms with Crippen molar-refractivity contribution < 1.29 is 49.9 Å². The van der Waals surface area contributed by atoms with Crippen molar-refractivity contribution in [1.82, 2.24) is 14.7 Å². The summed E-state index contributed by atoms with van der Waals surface area (Å²) in [6.45, 7) is 5.26. The van der Waals surface area contributed by atoms with Crippen LogP contribution in [0.1, 0.15) is 85.9 Å². The molecule has 2 aliphatic rings. The van der Waals surface area contributed by atoms with Crippen LogP contribution in [-0.2, 0) is 26.7 Å². The third-order valence-electron chi connectivity index (χ3n) is 9.46. The Morgan fingerprint density at radius 2 is 1.54 bits per heavy atom. The Labute approximate surface area is 275 Å². The fourth-order valence-corrected chi connectivity index (χ4v) is 6.63. The van der Waals surface area contributed by atoms with Crippen molar-refractivity contribution >= 4 is 17.9 Å². The molecule has 1 saturated heterocycles. The summed E-state index contributed by atoms with van der Waals surface area (Å²) in [7, 11) is 1.29. The Kier molecular flexibility index (Phi) is 11.4. The molecule has 0 N–H and O–H groups in total. The number of alkyl halides is 6. The molecule has 0 bridgehead atoms. The second-order valence-corrected chi connectivity index (χ2v) is 12.6. The predicted molar refractivity (Wildman–Crippen MR) is 162 cm³/mol. The van der Waals surface area contributed by atoms with E-state index in [2.05, 4.69) is 0 Å². The number of carbonyl (C=O) groups is 3. The van der Waals surface area contributed by atoms with E-state index in [0.29, 0.717) is 62.0 Å². The standard InChI is InChI=1S/C34H40F7N3O4/c1-5-48-30(45)15-22-6-8-23(9-7-22)31(46)43-12-13-44(29(19-43)28-11-10-27(35)14-20(28)2)32(47)42(4)21(3)24-16-25(33(36,37)38)18-26(17-24)34(39,40)41/h10-11,14,16-18,21-23,29H,5-9,12-13,15,19H2,1-4H3/t21?,22-,23+,29-/m1/s1. The van der Waals surface area contributed by atoms with Gasteiger partial charge in [0, 0.05) is 39.0 Å². The van der Waals surface area contributed by atoms with Crippen molar-refractivity contribution in [2.75, 3.05) is 33.3 Å². The van der Waals surface area contributed by atoms with Gasteiger partial charge in [-0.15, -0.1) is 0 Å². The van der Waals surface area contributed by atoms with Gasteiger partial charge in [-0.2, -0.15) is 26.3 Å². The summed E-state index contributed by atoms with van der Waals surface area (Å²) in [5.41, 5.74) is -2.26. The van der Waals surface area contributed by atoms with Gasteiger partial charge in [0.05, 0.1) is 29.8 Å². The molecule has 14 heteroatoms. The van der Waals surface area contributed by atoms with Crippen LogP contribution in [-0.4, -0.2) is 65.9 Å². The first-order valence-electron chi connectivity index (χ1n) is 15.9. The smallest absolute Gasteiger partial charge is 0.416 e. The molecule has 2 aromatic carbocycles. The lowest BCUT2D eigenvalue weighted by molar-refractivity contribution is -0.145. The van der Waals surface area contributed by atoms with Gasteiger partial charge < -0.3 is 19.4 Å². The number of ether oxygens (including phenoxy) is 1. The van der Waals surface area contributed by atoms with Crippen molar-refractivity contribution in [2.45, 2.75) is 77.3 Å². The van der Waals surface area contributed by atoms with E-state index in [9.17, 15) is 45.1 Å². The predicted octanol–water partition coefficient (Wildman–Crippen LogP) is 7.93. The van der Waals surface area contributed by atoms with Crippen molar-refractivity contribution in [2.24, 2.45) is 11.8 Å². The van der Waals surface area contributed by atoms with Gasteiger partial charge >= 0.3 is 24.4 Å². The zero-order valence-electron chi connectivity index (χ0n) is 27.3. The fraction of sp³-hybridized carbons (Fsp3) is 0.559. The van der Waals surface area contributed by atoms with Gasteiger partial charge in [0.25, 0.3) is 0 Å². The number of amides is 3. The molecule has 0 radical (unpaired) electrons. The molecule has 264 valence electrons. The molecule has 1 unspecified atom stereocenters. The number of aryl methyl sites for hydroxylation is 1. The van der Waals surface area contributed by atoms with E-state index in [1.807, 2.05) is 0 Å². The van der Waals surface area contributed by atoms with Crippen LogP contribution in [0, 0.1) is 24.6 Å². The average Bonchev–Trinajstić information content (AvgIpc) is 3.02. The average molecular weight is 688 g/mol. The highest BCUT2D eigenvalue weighted by atomic mass is 19.4. The molecule has 48 heavy (non-hydrogen) atoms. The summed E-state index contributed by atoms with van der Waals surface area (Å²) in [5.74, 6) is -1.04. The molecule has 1 heterocycles. The fourth-order valence-electron chi connectivity index (χ4n) is 6.63. The van der Waals surface area contributed by atoms with Gasteiger partial charge in [-0.05, 0) is 99.4 Å². The quantitative estimate of drug-likeness (QED) is 0.219. The normalized spacial score (nSPS) is 21.1. The lowest BCUT2D eigenvalue weighted by Crippen LogP contribution is -2.56. The number of nitrogens with zero attached hydrogens (tertiary/aromatic N) is 3. The number of hydrogen-bond acceptors (Lipinski definition) is 4. The Morgan fingerprint density at radius 1 is 0.938 bits per heavy atom. The Morgan fingerprint density at radius 3 is 2.08 bits per heavy atom. The van der Waals surface area contributed by atoms with Crippen LogP contribution >= 0.6 is 0 Å². The van der Waals surface area contributed by atoms with E-state index < -0.39 is 47.4 Å². The number of esters is 1. The minimum atomic E-state index is -5.05. The molecule has 3 amide bonds. The highest BCUT2D eigenvalue weighted by Crippen LogP contribution is 2.39. The summed E-state index contributed by atoms with van der Waals surface area (Å²) in [4.78, 5) is 43.7. The molecule has 1 saturated carbocycles. The zero-order chi connectivity index (χ0) is 35.6. The molecule has 1 aliphatic heterocycles. The van der Waals surface area contributed by atoms with E-state index in [-0.39, 0.29) is 55.0 Å². The maximum absolute atomic E-state index is 14.1. The van der Waals surface area contributed by atoms with Crippen LogP contribution in [0.5, 0.6) is 0 Å². The van der Waals surface area contributed by atoms with Gasteiger partial charge in [-0.25, -0.2) is 9.18 Å². The largest absolute Gasteiger partial charge is 0.466 e. The molecule has 2 atom stereocenters. The molecular formula is C34H40F7N3O4. The maximum Gasteiger partial charge on any atom is 0.416 e. The van der Waals surface area contributed by atoms with Crippen molar-refractivity contribution in [3.05, 3.63) is 70.0 Å². The van der Waals surface area contributed by atoms with Gasteiger partial charge in [-0.3, -0.25) is 9.59 Å². The molecule has 4 rings (SSSR count). The molecule has 1 aliphatic carbocycles. The van der Waals surface area contributed by atoms with E-state index in [1.54, 1.807) is 18.7 Å². The van der Waals surface area contributed by atoms with Crippen LogP contribution in [0.2, 0.25) is 0 Å². The SMILES string of the molecule is CCOC(=O)C[C@H]1CC[C@@H](C(=O)N2CCN(C(=O)N(C)C(C)c3cc(C(F)(F)F)cc(C(F)(F)F)c3)[C@@H](c3ccc(F)cc3C)C2)CC1. The van der Waals surface area contributed by atoms with Crippen molar-refractivity contribution in [1.29, 1.82) is 0 Å². The first kappa shape index (κ1) is 37.0. The molecule has 2 fully saturated rings. The monoisotopic (exact) mass is 687 g/mol. The lowest BCUT2D eigenvalue weighted by Gasteiger charge is -2.45. The third kappa shape index (κ3) is 8.59. The minimum Gasteiger partial charge on any atom is -0.466 e. The van der Waals surface area contributed by atoms with Crippen LogP contribution < -0.4 is 0 Å². The molecule has 0 aromatic heterocycles. The van der Waals surface area contributed by atoms with Crippen LogP contribution in [0.3, 0.4) is 0 Å². The van der Waals surface area contributed by atoms with Gasteiger partial charge in [0.2, 0.25) is 5.91 Å². The van der Waals surface area contributed by atoms with Crippen LogP contribution in [0.25, 0.3) is 0 Å². The minimum absolute atomic E-state index is 0.0255. The summed E-state index contributed by atoms with van der Waals surface area (Å²) in [6.07, 6.45) is -7.27. The number of benzene rings is 2. The topological polar surface area (TPSA) is 70.2 Å². The Balaban J connectivity index is 1.56. The van der Waals surface area contributed by atoms with Crippen molar-refractivity contribution in [3.8, 4) is 0 Å². The summed E-state index contributed by atoms with van der Waals surface area (Å²) >= 11 is 0. The number of rotatable bonds is 7. The maximum atomic E-state index is 14.1.